The zero-order valence-electron chi connectivity index (χ0n) is 17.6. The van der Waals surface area contributed by atoms with E-state index in [0.717, 1.165) is 35.8 Å². The number of rotatable bonds is 7. The number of ether oxygens (including phenoxy) is 1. The highest BCUT2D eigenvalue weighted by Gasteiger charge is 2.24. The fraction of sp³-hybridized carbons (Fsp3) is 0.261. The second kappa shape index (κ2) is 10.2. The van der Waals surface area contributed by atoms with Gasteiger partial charge in [0, 0.05) is 28.8 Å². The van der Waals surface area contributed by atoms with Crippen molar-refractivity contribution >= 4 is 35.0 Å². The van der Waals surface area contributed by atoms with E-state index in [1.165, 1.54) is 22.2 Å². The molecule has 4 rings (SSSR count). The van der Waals surface area contributed by atoms with Crippen molar-refractivity contribution in [1.82, 2.24) is 9.97 Å². The largest absolute Gasteiger partial charge is 0.497 e. The first-order valence-corrected chi connectivity index (χ1v) is 11.6. The summed E-state index contributed by atoms with van der Waals surface area (Å²) in [6, 6.07) is 15.0. The summed E-state index contributed by atoms with van der Waals surface area (Å²) in [4.78, 5) is 33.7. The smallest absolute Gasteiger partial charge is 0.260 e. The number of methoxy groups -OCH3 is 1. The lowest BCUT2D eigenvalue weighted by atomic mass is 10.1. The Morgan fingerprint density at radius 1 is 1.28 bits per heavy atom. The maximum absolute atomic E-state index is 12.7. The van der Waals surface area contributed by atoms with Crippen LogP contribution in [0.2, 0.25) is 5.02 Å². The Hall–Kier alpha value is -2.81. The number of quaternary nitrogens is 1. The number of hydrogen-bond acceptors (Lipinski definition) is 5. The summed E-state index contributed by atoms with van der Waals surface area (Å²) in [6.45, 7) is 2.35. The van der Waals surface area contributed by atoms with Crippen LogP contribution in [0.25, 0.3) is 0 Å². The van der Waals surface area contributed by atoms with Gasteiger partial charge >= 0.3 is 0 Å². The number of anilines is 1. The first kappa shape index (κ1) is 22.4. The first-order chi connectivity index (χ1) is 15.5. The number of amides is 1. The van der Waals surface area contributed by atoms with Crippen LogP contribution in [-0.2, 0) is 24.3 Å². The van der Waals surface area contributed by atoms with Gasteiger partial charge in [-0.3, -0.25) is 9.59 Å². The molecule has 0 saturated carbocycles. The average Bonchev–Trinajstić information content (AvgIpc) is 2.80. The molecule has 0 spiro atoms. The van der Waals surface area contributed by atoms with Crippen molar-refractivity contribution in [1.29, 1.82) is 0 Å². The molecule has 2 aromatic carbocycles. The Bertz CT molecular complexity index is 1170. The highest BCUT2D eigenvalue weighted by molar-refractivity contribution is 7.99. The Labute approximate surface area is 195 Å². The van der Waals surface area contributed by atoms with Crippen molar-refractivity contribution in [3.05, 3.63) is 80.7 Å². The molecular formula is C23H24ClN4O3S+. The molecule has 0 bridgehead atoms. The molecule has 0 radical (unpaired) electrons. The van der Waals surface area contributed by atoms with Crippen LogP contribution in [0.15, 0.2) is 58.5 Å². The molecule has 7 nitrogen and oxygen atoms in total. The predicted octanol–water partition coefficient (Wildman–Crippen LogP) is 2.30. The summed E-state index contributed by atoms with van der Waals surface area (Å²) in [7, 11) is 1.58. The number of fused-ring (bicyclic) bond motifs is 1. The molecule has 1 atom stereocenters. The summed E-state index contributed by atoms with van der Waals surface area (Å²) in [5, 5.41) is 4.01. The second-order valence-corrected chi connectivity index (χ2v) is 9.00. The Morgan fingerprint density at radius 3 is 2.88 bits per heavy atom. The van der Waals surface area contributed by atoms with E-state index in [9.17, 15) is 9.59 Å². The van der Waals surface area contributed by atoms with Gasteiger partial charge in [-0.05, 0) is 24.3 Å². The fourth-order valence-electron chi connectivity index (χ4n) is 3.69. The van der Waals surface area contributed by atoms with Crippen LogP contribution in [-0.4, -0.2) is 35.3 Å². The fourth-order valence-corrected chi connectivity index (χ4v) is 4.49. The van der Waals surface area contributed by atoms with Crippen LogP contribution in [0.1, 0.15) is 16.8 Å². The lowest BCUT2D eigenvalue weighted by molar-refractivity contribution is -0.929. The van der Waals surface area contributed by atoms with Gasteiger partial charge in [0.1, 0.15) is 18.8 Å². The molecule has 3 aromatic rings. The normalized spacial score (nSPS) is 15.1. The minimum atomic E-state index is -0.179. The predicted molar refractivity (Wildman–Crippen MR) is 126 cm³/mol. The molecule has 9 heteroatoms. The third-order valence-corrected chi connectivity index (χ3v) is 6.41. The number of benzene rings is 2. The quantitative estimate of drug-likeness (QED) is 0.363. The van der Waals surface area contributed by atoms with Crippen LogP contribution < -0.4 is 20.5 Å². The molecule has 1 aromatic heterocycles. The summed E-state index contributed by atoms with van der Waals surface area (Å²) in [6.07, 6.45) is 0.728. The van der Waals surface area contributed by atoms with E-state index in [-0.39, 0.29) is 17.2 Å². The van der Waals surface area contributed by atoms with Crippen LogP contribution in [0.3, 0.4) is 0 Å². The zero-order chi connectivity index (χ0) is 22.5. The number of halogens is 1. The van der Waals surface area contributed by atoms with Gasteiger partial charge in [-0.25, -0.2) is 4.98 Å². The van der Waals surface area contributed by atoms with Crippen LogP contribution in [0.5, 0.6) is 5.75 Å². The average molecular weight is 472 g/mol. The van der Waals surface area contributed by atoms with Crippen molar-refractivity contribution in [2.45, 2.75) is 24.7 Å². The maximum atomic E-state index is 12.7. The topological polar surface area (TPSA) is 88.5 Å². The second-order valence-electron chi connectivity index (χ2n) is 7.60. The van der Waals surface area contributed by atoms with E-state index >= 15 is 0 Å². The van der Waals surface area contributed by atoms with E-state index < -0.39 is 0 Å². The molecule has 0 aliphatic carbocycles. The standard InChI is InChI=1S/C23H23ClN4O3S/c1-31-18-4-2-3-17(11-18)25-21(29)14-32-23-26-20-9-10-28(13-19(20)22(30)27-23)12-15-5-7-16(24)8-6-15/h2-8,11H,9-10,12-14H2,1H3,(H,25,29)(H,26,27,30)/p+1. The number of carbonyl (C=O) groups is 1. The zero-order valence-corrected chi connectivity index (χ0v) is 19.2. The van der Waals surface area contributed by atoms with Crippen molar-refractivity contribution < 1.29 is 14.4 Å². The highest BCUT2D eigenvalue weighted by Crippen LogP contribution is 2.18. The number of H-pyrrole nitrogens is 1. The Kier molecular flexibility index (Phi) is 7.14. The third kappa shape index (κ3) is 5.70. The third-order valence-electron chi connectivity index (χ3n) is 5.28. The minimum Gasteiger partial charge on any atom is -0.497 e. The summed E-state index contributed by atoms with van der Waals surface area (Å²) < 4.78 is 5.16. The van der Waals surface area contributed by atoms with Gasteiger partial charge < -0.3 is 19.9 Å². The lowest BCUT2D eigenvalue weighted by Gasteiger charge is -2.25. The van der Waals surface area contributed by atoms with E-state index in [1.54, 1.807) is 19.2 Å². The molecule has 2 heterocycles. The summed E-state index contributed by atoms with van der Waals surface area (Å²) >= 11 is 7.18. The van der Waals surface area contributed by atoms with Gasteiger partial charge in [0.05, 0.1) is 30.7 Å². The van der Waals surface area contributed by atoms with Gasteiger partial charge in [-0.15, -0.1) is 0 Å². The van der Waals surface area contributed by atoms with Gasteiger partial charge in [0.2, 0.25) is 5.91 Å². The molecule has 1 amide bonds. The van der Waals surface area contributed by atoms with E-state index in [0.29, 0.717) is 23.1 Å². The molecule has 1 aliphatic heterocycles. The first-order valence-electron chi connectivity index (χ1n) is 10.3. The van der Waals surface area contributed by atoms with E-state index in [1.807, 2.05) is 36.4 Å². The Balaban J connectivity index is 1.36. The molecule has 1 aliphatic rings. The van der Waals surface area contributed by atoms with Gasteiger partial charge in [0.25, 0.3) is 5.56 Å². The van der Waals surface area contributed by atoms with E-state index in [2.05, 4.69) is 15.3 Å². The monoisotopic (exact) mass is 471 g/mol. The molecule has 1 unspecified atom stereocenters. The minimum absolute atomic E-state index is 0.126. The van der Waals surface area contributed by atoms with Gasteiger partial charge in [-0.1, -0.05) is 41.6 Å². The van der Waals surface area contributed by atoms with E-state index in [4.69, 9.17) is 16.3 Å². The van der Waals surface area contributed by atoms with Crippen LogP contribution in [0.4, 0.5) is 5.69 Å². The van der Waals surface area contributed by atoms with Gasteiger partial charge in [-0.2, -0.15) is 0 Å². The number of hydrogen-bond donors (Lipinski definition) is 3. The van der Waals surface area contributed by atoms with Crippen LogP contribution in [0, 0.1) is 0 Å². The van der Waals surface area contributed by atoms with Crippen molar-refractivity contribution in [3.8, 4) is 5.75 Å². The SMILES string of the molecule is COc1cccc(NC(=O)CSc2nc3c(c(=O)[nH]2)C[NH+](Cc2ccc(Cl)cc2)CC3)c1. The number of aromatic nitrogens is 2. The number of nitrogens with zero attached hydrogens (tertiary/aromatic N) is 1. The molecule has 166 valence electrons. The lowest BCUT2D eigenvalue weighted by Crippen LogP contribution is -3.10. The molecular weight excluding hydrogens is 448 g/mol. The van der Waals surface area contributed by atoms with Gasteiger partial charge in [0.15, 0.2) is 5.16 Å². The molecule has 0 fully saturated rings. The number of aromatic amines is 1. The van der Waals surface area contributed by atoms with Crippen LogP contribution >= 0.6 is 23.4 Å². The molecule has 0 saturated heterocycles. The number of carbonyl (C=O) groups excluding carboxylic acids is 1. The summed E-state index contributed by atoms with van der Waals surface area (Å²) in [5.74, 6) is 0.637. The summed E-state index contributed by atoms with van der Waals surface area (Å²) in [5.41, 5.74) is 3.27. The van der Waals surface area contributed by atoms with Crippen molar-refractivity contribution in [2.75, 3.05) is 24.7 Å². The molecule has 3 N–H and O–H groups in total. The Morgan fingerprint density at radius 2 is 2.09 bits per heavy atom. The highest BCUT2D eigenvalue weighted by atomic mass is 35.5. The number of thioether (sulfide) groups is 1. The van der Waals surface area contributed by atoms with Crippen molar-refractivity contribution in [2.24, 2.45) is 0 Å². The number of nitrogens with one attached hydrogen (secondary N) is 3. The maximum Gasteiger partial charge on any atom is 0.260 e. The van der Waals surface area contributed by atoms with Crippen molar-refractivity contribution in [3.63, 3.8) is 0 Å². The molecule has 32 heavy (non-hydrogen) atoms.